The summed E-state index contributed by atoms with van der Waals surface area (Å²) in [6.07, 6.45) is 0.538. The van der Waals surface area contributed by atoms with E-state index in [1.165, 1.54) is 7.11 Å². The van der Waals surface area contributed by atoms with E-state index in [0.717, 1.165) is 5.56 Å². The van der Waals surface area contributed by atoms with E-state index in [0.29, 0.717) is 42.4 Å². The van der Waals surface area contributed by atoms with Crippen molar-refractivity contribution in [1.29, 1.82) is 0 Å². The zero-order chi connectivity index (χ0) is 15.5. The van der Waals surface area contributed by atoms with Crippen molar-refractivity contribution in [1.82, 2.24) is 0 Å². The van der Waals surface area contributed by atoms with Crippen molar-refractivity contribution in [2.75, 3.05) is 13.7 Å². The quantitative estimate of drug-likeness (QED) is 0.919. The van der Waals surface area contributed by atoms with Gasteiger partial charge in [0.25, 0.3) is 0 Å². The first kappa shape index (κ1) is 14.3. The van der Waals surface area contributed by atoms with Gasteiger partial charge in [0.2, 0.25) is 0 Å². The Morgan fingerprint density at radius 2 is 2.05 bits per heavy atom. The minimum absolute atomic E-state index is 0.157. The highest BCUT2D eigenvalue weighted by Gasteiger charge is 2.28. The average molecular weight is 300 g/mol. The molecule has 0 bridgehead atoms. The summed E-state index contributed by atoms with van der Waals surface area (Å²) >= 11 is 0. The topological polar surface area (TPSA) is 65.0 Å². The van der Waals surface area contributed by atoms with Crippen LogP contribution in [-0.4, -0.2) is 24.8 Å². The number of aromatic carboxylic acids is 1. The average Bonchev–Trinajstić information content (AvgIpc) is 3.01. The second-order valence-electron chi connectivity index (χ2n) is 4.94. The molecule has 114 valence electrons. The van der Waals surface area contributed by atoms with Crippen LogP contribution < -0.4 is 14.2 Å². The zero-order valence-corrected chi connectivity index (χ0v) is 12.2. The van der Waals surface area contributed by atoms with Crippen LogP contribution in [0.15, 0.2) is 36.4 Å². The highest BCUT2D eigenvalue weighted by Crippen LogP contribution is 2.43. The fraction of sp³-hybridized carbons (Fsp3) is 0.235. The number of benzene rings is 2. The molecule has 5 nitrogen and oxygen atoms in total. The van der Waals surface area contributed by atoms with Gasteiger partial charge in [-0.05, 0) is 5.56 Å². The largest absolute Gasteiger partial charge is 0.493 e. The summed E-state index contributed by atoms with van der Waals surface area (Å²) < 4.78 is 16.5. The van der Waals surface area contributed by atoms with Gasteiger partial charge in [0.05, 0.1) is 13.7 Å². The summed E-state index contributed by atoms with van der Waals surface area (Å²) in [6.45, 7) is 0.748. The number of fused-ring (bicyclic) bond motifs is 1. The summed E-state index contributed by atoms with van der Waals surface area (Å²) in [4.78, 5) is 11.6. The molecule has 0 amide bonds. The van der Waals surface area contributed by atoms with Crippen LogP contribution in [-0.2, 0) is 13.0 Å². The van der Waals surface area contributed by atoms with Gasteiger partial charge in [-0.2, -0.15) is 0 Å². The summed E-state index contributed by atoms with van der Waals surface area (Å²) in [7, 11) is 1.53. The Morgan fingerprint density at radius 1 is 1.27 bits per heavy atom. The highest BCUT2D eigenvalue weighted by molar-refractivity contribution is 5.94. The molecule has 3 rings (SSSR count). The Balaban J connectivity index is 1.97. The standard InChI is InChI=1S/C17H16O5/c1-20-14-9-13(22-10-11-5-3-2-4-6-11)15(17(18)19)12-7-8-21-16(12)14/h2-6,9H,7-8,10H2,1H3,(H,18,19). The molecule has 0 saturated heterocycles. The molecule has 5 heteroatoms. The van der Waals surface area contributed by atoms with Crippen molar-refractivity contribution in [3.8, 4) is 17.2 Å². The highest BCUT2D eigenvalue weighted by atomic mass is 16.5. The minimum Gasteiger partial charge on any atom is -0.493 e. The van der Waals surface area contributed by atoms with E-state index in [2.05, 4.69) is 0 Å². The maximum Gasteiger partial charge on any atom is 0.339 e. The third kappa shape index (κ3) is 2.57. The van der Waals surface area contributed by atoms with Crippen LogP contribution >= 0.6 is 0 Å². The van der Waals surface area contributed by atoms with Crippen molar-refractivity contribution in [2.24, 2.45) is 0 Å². The lowest BCUT2D eigenvalue weighted by molar-refractivity contribution is 0.0690. The van der Waals surface area contributed by atoms with Crippen molar-refractivity contribution >= 4 is 5.97 Å². The third-order valence-electron chi connectivity index (χ3n) is 3.58. The van der Waals surface area contributed by atoms with E-state index in [9.17, 15) is 9.90 Å². The predicted octanol–water partition coefficient (Wildman–Crippen LogP) is 2.91. The number of methoxy groups -OCH3 is 1. The van der Waals surface area contributed by atoms with Crippen molar-refractivity contribution in [2.45, 2.75) is 13.0 Å². The molecule has 2 aromatic rings. The molecule has 1 aliphatic heterocycles. The van der Waals surface area contributed by atoms with Gasteiger partial charge in [-0.15, -0.1) is 0 Å². The Bertz CT molecular complexity index is 694. The molecule has 0 atom stereocenters. The smallest absolute Gasteiger partial charge is 0.339 e. The number of hydrogen-bond acceptors (Lipinski definition) is 4. The molecule has 0 aromatic heterocycles. The van der Waals surface area contributed by atoms with E-state index in [-0.39, 0.29) is 5.56 Å². The molecule has 0 spiro atoms. The van der Waals surface area contributed by atoms with Gasteiger partial charge < -0.3 is 19.3 Å². The van der Waals surface area contributed by atoms with Gasteiger partial charge in [-0.1, -0.05) is 30.3 Å². The van der Waals surface area contributed by atoms with E-state index in [1.807, 2.05) is 30.3 Å². The number of carbonyl (C=O) groups is 1. The van der Waals surface area contributed by atoms with Crippen LogP contribution in [0.2, 0.25) is 0 Å². The van der Waals surface area contributed by atoms with Crippen LogP contribution in [0, 0.1) is 0 Å². The Hall–Kier alpha value is -2.69. The SMILES string of the molecule is COc1cc(OCc2ccccc2)c(C(=O)O)c2c1OCC2. The molecule has 1 aliphatic rings. The van der Waals surface area contributed by atoms with Gasteiger partial charge in [-0.25, -0.2) is 4.79 Å². The maximum absolute atomic E-state index is 11.6. The molecular weight excluding hydrogens is 284 g/mol. The molecule has 0 aliphatic carbocycles. The molecule has 22 heavy (non-hydrogen) atoms. The molecule has 0 fully saturated rings. The number of ether oxygens (including phenoxy) is 3. The van der Waals surface area contributed by atoms with Crippen molar-refractivity contribution in [3.63, 3.8) is 0 Å². The summed E-state index contributed by atoms with van der Waals surface area (Å²) in [5.74, 6) is 0.289. The molecule has 1 N–H and O–H groups in total. The Kier molecular flexibility index (Phi) is 3.87. The lowest BCUT2D eigenvalue weighted by Gasteiger charge is -2.15. The number of carboxylic acid groups (broad SMARTS) is 1. The summed E-state index contributed by atoms with van der Waals surface area (Å²) in [5, 5.41) is 9.51. The van der Waals surface area contributed by atoms with E-state index in [1.54, 1.807) is 6.07 Å². The lowest BCUT2D eigenvalue weighted by Crippen LogP contribution is -2.07. The zero-order valence-electron chi connectivity index (χ0n) is 12.2. The molecule has 0 unspecified atom stereocenters. The molecule has 0 saturated carbocycles. The van der Waals surface area contributed by atoms with Crippen LogP contribution in [0.5, 0.6) is 17.2 Å². The van der Waals surface area contributed by atoms with Crippen LogP contribution in [0.1, 0.15) is 21.5 Å². The van der Waals surface area contributed by atoms with E-state index >= 15 is 0 Å². The number of carboxylic acids is 1. The molecule has 1 heterocycles. The van der Waals surface area contributed by atoms with Gasteiger partial charge in [0.15, 0.2) is 11.5 Å². The van der Waals surface area contributed by atoms with E-state index < -0.39 is 5.97 Å². The second kappa shape index (κ2) is 5.97. The van der Waals surface area contributed by atoms with Gasteiger partial charge in [0.1, 0.15) is 17.9 Å². The normalized spacial score (nSPS) is 12.4. The fourth-order valence-corrected chi connectivity index (χ4v) is 2.55. The van der Waals surface area contributed by atoms with Crippen molar-refractivity contribution < 1.29 is 24.1 Å². The van der Waals surface area contributed by atoms with Gasteiger partial charge in [-0.3, -0.25) is 0 Å². The third-order valence-corrected chi connectivity index (χ3v) is 3.58. The Morgan fingerprint density at radius 3 is 2.73 bits per heavy atom. The predicted molar refractivity (Wildman–Crippen MR) is 79.9 cm³/mol. The summed E-state index contributed by atoms with van der Waals surface area (Å²) in [5.41, 5.74) is 1.76. The monoisotopic (exact) mass is 300 g/mol. The van der Waals surface area contributed by atoms with E-state index in [4.69, 9.17) is 14.2 Å². The summed E-state index contributed by atoms with van der Waals surface area (Å²) in [6, 6.07) is 11.2. The minimum atomic E-state index is -1.02. The van der Waals surface area contributed by atoms with Crippen LogP contribution in [0.3, 0.4) is 0 Å². The first-order valence-corrected chi connectivity index (χ1v) is 6.97. The molecule has 2 aromatic carbocycles. The fourth-order valence-electron chi connectivity index (χ4n) is 2.55. The van der Waals surface area contributed by atoms with Gasteiger partial charge >= 0.3 is 5.97 Å². The van der Waals surface area contributed by atoms with Crippen LogP contribution in [0.25, 0.3) is 0 Å². The Labute approximate surface area is 128 Å². The first-order chi connectivity index (χ1) is 10.7. The van der Waals surface area contributed by atoms with Crippen LogP contribution in [0.4, 0.5) is 0 Å². The molecule has 0 radical (unpaired) electrons. The van der Waals surface area contributed by atoms with Gasteiger partial charge in [0, 0.05) is 18.1 Å². The first-order valence-electron chi connectivity index (χ1n) is 6.97. The lowest BCUT2D eigenvalue weighted by atomic mass is 10.0. The maximum atomic E-state index is 11.6. The van der Waals surface area contributed by atoms with Crippen molar-refractivity contribution in [3.05, 3.63) is 53.1 Å². The number of hydrogen-bond donors (Lipinski definition) is 1. The molecular formula is C17H16O5. The second-order valence-corrected chi connectivity index (χ2v) is 4.94. The number of rotatable bonds is 5.